The van der Waals surface area contributed by atoms with Crippen LogP contribution in [0.2, 0.25) is 0 Å². The molecule has 1 fully saturated rings. The maximum absolute atomic E-state index is 13.3. The molecule has 2 aliphatic heterocycles. The molecule has 0 bridgehead atoms. The van der Waals surface area contributed by atoms with E-state index in [1.807, 2.05) is 18.7 Å². The van der Waals surface area contributed by atoms with E-state index < -0.39 is 16.7 Å². The third-order valence-corrected chi connectivity index (χ3v) is 5.14. The van der Waals surface area contributed by atoms with E-state index >= 15 is 0 Å². The van der Waals surface area contributed by atoms with E-state index in [9.17, 15) is 19.7 Å². The van der Waals surface area contributed by atoms with Crippen molar-refractivity contribution < 1.29 is 23.7 Å². The van der Waals surface area contributed by atoms with Gasteiger partial charge in [-0.2, -0.15) is 0 Å². The smallest absolute Gasteiger partial charge is 0.278 e. The molecule has 9 heteroatoms. The molecule has 9 nitrogen and oxygen atoms in total. The second-order valence-corrected chi connectivity index (χ2v) is 7.47. The highest BCUT2D eigenvalue weighted by Gasteiger charge is 2.43. The minimum atomic E-state index is -0.505. The van der Waals surface area contributed by atoms with Gasteiger partial charge in [-0.1, -0.05) is 0 Å². The summed E-state index contributed by atoms with van der Waals surface area (Å²) in [7, 11) is 0. The van der Waals surface area contributed by atoms with Crippen molar-refractivity contribution in [1.82, 2.24) is 9.80 Å². The van der Waals surface area contributed by atoms with Gasteiger partial charge in [-0.3, -0.25) is 24.6 Å². The number of rotatable bonds is 5. The zero-order chi connectivity index (χ0) is 21.4. The average molecular weight is 411 g/mol. The topological polar surface area (TPSA) is 106 Å². The van der Waals surface area contributed by atoms with Crippen molar-refractivity contribution in [2.45, 2.75) is 32.6 Å². The number of hydrogen-bond donors (Lipinski definition) is 0. The maximum Gasteiger partial charge on any atom is 0.278 e. The van der Waals surface area contributed by atoms with Gasteiger partial charge in [0.1, 0.15) is 11.5 Å². The molecule has 2 atom stereocenters. The standard InChI is InChI=1S/C21H21N3O6/c1-13-10-22(11-14(2)30-13)19-18(15-5-7-16(8-6-15)24(27)28)20(25)23(21(19)26)12-17-4-3-9-29-17/h3-9,13-14H,10-12H2,1-2H3. The zero-order valence-electron chi connectivity index (χ0n) is 16.6. The number of non-ortho nitro benzene ring substituents is 1. The van der Waals surface area contributed by atoms with Gasteiger partial charge in [-0.25, -0.2) is 0 Å². The second kappa shape index (κ2) is 7.75. The summed E-state index contributed by atoms with van der Waals surface area (Å²) in [6.07, 6.45) is 1.26. The van der Waals surface area contributed by atoms with Crippen LogP contribution in [0.25, 0.3) is 5.57 Å². The van der Waals surface area contributed by atoms with Gasteiger partial charge in [0.2, 0.25) is 0 Å². The molecule has 0 radical (unpaired) electrons. The first-order valence-electron chi connectivity index (χ1n) is 9.63. The van der Waals surface area contributed by atoms with Crippen LogP contribution in [-0.2, 0) is 20.9 Å². The van der Waals surface area contributed by atoms with Gasteiger partial charge in [0.05, 0.1) is 35.5 Å². The van der Waals surface area contributed by atoms with Crippen LogP contribution in [0, 0.1) is 10.1 Å². The molecule has 0 aliphatic carbocycles. The van der Waals surface area contributed by atoms with Crippen molar-refractivity contribution in [2.24, 2.45) is 0 Å². The summed E-state index contributed by atoms with van der Waals surface area (Å²) in [5.41, 5.74) is 0.909. The van der Waals surface area contributed by atoms with Crippen molar-refractivity contribution in [1.29, 1.82) is 0 Å². The minimum Gasteiger partial charge on any atom is -0.467 e. The van der Waals surface area contributed by atoms with Gasteiger partial charge in [0.15, 0.2) is 0 Å². The molecule has 2 aliphatic rings. The van der Waals surface area contributed by atoms with E-state index in [0.29, 0.717) is 30.1 Å². The van der Waals surface area contributed by atoms with E-state index in [-0.39, 0.29) is 30.0 Å². The second-order valence-electron chi connectivity index (χ2n) is 7.47. The van der Waals surface area contributed by atoms with Gasteiger partial charge in [-0.05, 0) is 43.7 Å². The van der Waals surface area contributed by atoms with Gasteiger partial charge >= 0.3 is 0 Å². The fourth-order valence-electron chi connectivity index (χ4n) is 3.93. The number of carbonyl (C=O) groups is 2. The number of hydrogen-bond acceptors (Lipinski definition) is 7. The molecule has 1 aromatic carbocycles. The van der Waals surface area contributed by atoms with Gasteiger partial charge in [0, 0.05) is 25.2 Å². The predicted molar refractivity (Wildman–Crippen MR) is 106 cm³/mol. The Hall–Kier alpha value is -3.46. The van der Waals surface area contributed by atoms with Gasteiger partial charge in [-0.15, -0.1) is 0 Å². The Morgan fingerprint density at radius 1 is 1.07 bits per heavy atom. The predicted octanol–water partition coefficient (Wildman–Crippen LogP) is 2.58. The molecule has 2 aromatic rings. The van der Waals surface area contributed by atoms with Crippen LogP contribution in [0.1, 0.15) is 25.2 Å². The number of carbonyl (C=O) groups excluding carboxylic acids is 2. The molecule has 0 spiro atoms. The van der Waals surface area contributed by atoms with E-state index in [2.05, 4.69) is 0 Å². The normalized spacial score (nSPS) is 22.2. The first-order valence-corrected chi connectivity index (χ1v) is 9.63. The van der Waals surface area contributed by atoms with Crippen molar-refractivity contribution in [3.8, 4) is 0 Å². The summed E-state index contributed by atoms with van der Waals surface area (Å²) in [4.78, 5) is 40.1. The minimum absolute atomic E-state index is 0.0140. The van der Waals surface area contributed by atoms with Crippen LogP contribution in [0.3, 0.4) is 0 Å². The Morgan fingerprint density at radius 2 is 1.73 bits per heavy atom. The number of furan rings is 1. The molecule has 0 N–H and O–H groups in total. The third kappa shape index (κ3) is 3.59. The number of nitro benzene ring substituents is 1. The van der Waals surface area contributed by atoms with E-state index in [1.165, 1.54) is 30.5 Å². The van der Waals surface area contributed by atoms with E-state index in [1.54, 1.807) is 12.1 Å². The highest BCUT2D eigenvalue weighted by molar-refractivity contribution is 6.35. The number of nitro groups is 1. The fourth-order valence-corrected chi connectivity index (χ4v) is 3.93. The molecule has 4 rings (SSSR count). The van der Waals surface area contributed by atoms with E-state index in [0.717, 1.165) is 4.90 Å². The van der Waals surface area contributed by atoms with E-state index in [4.69, 9.17) is 9.15 Å². The average Bonchev–Trinajstić information content (AvgIpc) is 3.29. The van der Waals surface area contributed by atoms with Crippen LogP contribution in [0.4, 0.5) is 5.69 Å². The molecular formula is C21H21N3O6. The quantitative estimate of drug-likeness (QED) is 0.423. The Kier molecular flexibility index (Phi) is 5.13. The first-order chi connectivity index (χ1) is 14.3. The Labute approximate surface area is 172 Å². The van der Waals surface area contributed by atoms with Crippen LogP contribution in [0.5, 0.6) is 0 Å². The van der Waals surface area contributed by atoms with Crippen molar-refractivity contribution >= 4 is 23.1 Å². The van der Waals surface area contributed by atoms with Gasteiger partial charge in [0.25, 0.3) is 17.5 Å². The third-order valence-electron chi connectivity index (χ3n) is 5.14. The summed E-state index contributed by atoms with van der Waals surface area (Å²) in [6.45, 7) is 4.76. The molecule has 2 amide bonds. The number of amides is 2. The highest BCUT2D eigenvalue weighted by Crippen LogP contribution is 2.34. The molecular weight excluding hydrogens is 390 g/mol. The Morgan fingerprint density at radius 3 is 2.30 bits per heavy atom. The number of nitrogens with zero attached hydrogens (tertiary/aromatic N) is 3. The maximum atomic E-state index is 13.3. The number of imide groups is 1. The Bertz CT molecular complexity index is 1000. The number of ether oxygens (including phenoxy) is 1. The van der Waals surface area contributed by atoms with Crippen LogP contribution >= 0.6 is 0 Å². The lowest BCUT2D eigenvalue weighted by Gasteiger charge is -2.37. The lowest BCUT2D eigenvalue weighted by atomic mass is 10.0. The largest absolute Gasteiger partial charge is 0.467 e. The molecule has 1 saturated heterocycles. The molecule has 3 heterocycles. The first kappa shape index (κ1) is 19.8. The van der Waals surface area contributed by atoms with Crippen LogP contribution < -0.4 is 0 Å². The Balaban J connectivity index is 1.76. The molecule has 2 unspecified atom stereocenters. The summed E-state index contributed by atoms with van der Waals surface area (Å²) in [6, 6.07) is 9.06. The lowest BCUT2D eigenvalue weighted by molar-refractivity contribution is -0.384. The number of morpholine rings is 1. The summed E-state index contributed by atoms with van der Waals surface area (Å²) in [5.74, 6) is -0.372. The summed E-state index contributed by atoms with van der Waals surface area (Å²) >= 11 is 0. The highest BCUT2D eigenvalue weighted by atomic mass is 16.6. The van der Waals surface area contributed by atoms with Crippen molar-refractivity contribution in [3.05, 3.63) is 69.8 Å². The fraction of sp³-hybridized carbons (Fsp3) is 0.333. The van der Waals surface area contributed by atoms with Crippen LogP contribution in [0.15, 0.2) is 52.8 Å². The van der Waals surface area contributed by atoms with Gasteiger partial charge < -0.3 is 14.1 Å². The van der Waals surface area contributed by atoms with Crippen molar-refractivity contribution in [2.75, 3.05) is 13.1 Å². The lowest BCUT2D eigenvalue weighted by Crippen LogP contribution is -2.46. The molecule has 0 saturated carbocycles. The summed E-state index contributed by atoms with van der Waals surface area (Å²) < 4.78 is 11.1. The molecule has 1 aromatic heterocycles. The molecule has 30 heavy (non-hydrogen) atoms. The SMILES string of the molecule is CC1CN(C2=C(c3ccc([N+](=O)[O-])cc3)C(=O)N(Cc3ccco3)C2=O)CC(C)O1. The monoisotopic (exact) mass is 411 g/mol. The van der Waals surface area contributed by atoms with Crippen molar-refractivity contribution in [3.63, 3.8) is 0 Å². The molecule has 156 valence electrons. The van der Waals surface area contributed by atoms with Crippen LogP contribution in [-0.4, -0.2) is 51.8 Å². The number of benzene rings is 1. The zero-order valence-corrected chi connectivity index (χ0v) is 16.6. The summed E-state index contributed by atoms with van der Waals surface area (Å²) in [5, 5.41) is 11.0.